The Bertz CT molecular complexity index is 1110. The normalized spacial score (nSPS) is 21.6. The third-order valence-electron chi connectivity index (χ3n) is 6.79. The fourth-order valence-corrected chi connectivity index (χ4v) is 4.93. The maximum Gasteiger partial charge on any atom is 0.126 e. The zero-order chi connectivity index (χ0) is 21.1. The van der Waals surface area contributed by atoms with Gasteiger partial charge in [0.15, 0.2) is 0 Å². The zero-order valence-electron chi connectivity index (χ0n) is 17.9. The molecule has 3 heteroatoms. The van der Waals surface area contributed by atoms with Gasteiger partial charge in [-0.05, 0) is 91.5 Å². The average Bonchev–Trinajstić information content (AvgIpc) is 2.95. The summed E-state index contributed by atoms with van der Waals surface area (Å²) in [6.45, 7) is 14.7. The van der Waals surface area contributed by atoms with Gasteiger partial charge in [-0.1, -0.05) is 32.9 Å². The number of allylic oxidation sites excluding steroid dienone is 1. The van der Waals surface area contributed by atoms with Crippen molar-refractivity contribution in [3.63, 3.8) is 0 Å². The number of aromatic nitrogens is 1. The fourth-order valence-electron chi connectivity index (χ4n) is 4.93. The van der Waals surface area contributed by atoms with E-state index in [0.29, 0.717) is 11.5 Å². The summed E-state index contributed by atoms with van der Waals surface area (Å²) in [6, 6.07) is 10.3. The fraction of sp³-hybridized carbons (Fsp3) is 0.385. The molecule has 29 heavy (non-hydrogen) atoms. The third-order valence-corrected chi connectivity index (χ3v) is 6.79. The molecule has 0 N–H and O–H groups in total. The molecular weight excluding hydrogens is 364 g/mol. The Morgan fingerprint density at radius 3 is 2.41 bits per heavy atom. The predicted molar refractivity (Wildman–Crippen MR) is 117 cm³/mol. The second kappa shape index (κ2) is 6.83. The van der Waals surface area contributed by atoms with Crippen LogP contribution in [0.3, 0.4) is 0 Å². The lowest BCUT2D eigenvalue weighted by Crippen LogP contribution is -2.34. The van der Waals surface area contributed by atoms with Crippen LogP contribution in [-0.4, -0.2) is 4.57 Å². The summed E-state index contributed by atoms with van der Waals surface area (Å²) in [7, 11) is 0. The number of aryl methyl sites for hydroxylation is 1. The lowest BCUT2D eigenvalue weighted by atomic mass is 9.58. The van der Waals surface area contributed by atoms with Crippen LogP contribution in [0.1, 0.15) is 69.2 Å². The van der Waals surface area contributed by atoms with Crippen molar-refractivity contribution in [2.24, 2.45) is 5.41 Å². The molecular formula is C26H29F2N. The van der Waals surface area contributed by atoms with E-state index in [9.17, 15) is 8.78 Å². The first kappa shape index (κ1) is 19.9. The Hall–Kier alpha value is -2.42. The van der Waals surface area contributed by atoms with E-state index in [1.54, 1.807) is 13.0 Å². The highest BCUT2D eigenvalue weighted by molar-refractivity contribution is 5.88. The van der Waals surface area contributed by atoms with Gasteiger partial charge in [0.1, 0.15) is 11.6 Å². The maximum atomic E-state index is 14.3. The van der Waals surface area contributed by atoms with E-state index in [-0.39, 0.29) is 23.0 Å². The van der Waals surface area contributed by atoms with Gasteiger partial charge in [0.2, 0.25) is 0 Å². The minimum Gasteiger partial charge on any atom is -0.313 e. The summed E-state index contributed by atoms with van der Waals surface area (Å²) in [6.07, 6.45) is 2.06. The number of hydrogen-bond donors (Lipinski definition) is 0. The van der Waals surface area contributed by atoms with Crippen molar-refractivity contribution in [3.8, 4) is 5.69 Å². The molecule has 1 aliphatic rings. The van der Waals surface area contributed by atoms with Crippen LogP contribution < -0.4 is 0 Å². The molecule has 1 aromatic heterocycles. The summed E-state index contributed by atoms with van der Waals surface area (Å²) < 4.78 is 30.4. The van der Waals surface area contributed by atoms with Crippen molar-refractivity contribution < 1.29 is 8.78 Å². The van der Waals surface area contributed by atoms with Crippen LogP contribution in [0, 0.1) is 24.0 Å². The number of rotatable bonds is 4. The van der Waals surface area contributed by atoms with Crippen LogP contribution in [0.4, 0.5) is 8.78 Å². The first-order valence-corrected chi connectivity index (χ1v) is 10.4. The van der Waals surface area contributed by atoms with Gasteiger partial charge in [-0.25, -0.2) is 8.78 Å². The Labute approximate surface area is 172 Å². The molecule has 0 atom stereocenters. The highest BCUT2D eigenvalue weighted by Gasteiger charge is 2.44. The van der Waals surface area contributed by atoms with E-state index in [1.165, 1.54) is 29.0 Å². The van der Waals surface area contributed by atoms with Gasteiger partial charge in [-0.15, -0.1) is 0 Å². The molecule has 0 radical (unpaired) electrons. The van der Waals surface area contributed by atoms with E-state index >= 15 is 0 Å². The number of nitrogens with zero attached hydrogens (tertiary/aromatic N) is 1. The Morgan fingerprint density at radius 2 is 1.83 bits per heavy atom. The molecule has 0 spiro atoms. The van der Waals surface area contributed by atoms with Crippen molar-refractivity contribution in [1.82, 2.24) is 4.57 Å². The molecule has 0 bridgehead atoms. The monoisotopic (exact) mass is 393 g/mol. The topological polar surface area (TPSA) is 4.93 Å². The first-order valence-electron chi connectivity index (χ1n) is 10.4. The van der Waals surface area contributed by atoms with Crippen LogP contribution in [0.15, 0.2) is 48.6 Å². The molecule has 1 saturated carbocycles. The minimum absolute atomic E-state index is 0.146. The molecule has 0 aliphatic heterocycles. The Balaban J connectivity index is 1.98. The van der Waals surface area contributed by atoms with Crippen molar-refractivity contribution in [3.05, 3.63) is 77.0 Å². The first-order chi connectivity index (χ1) is 13.6. The van der Waals surface area contributed by atoms with E-state index in [4.69, 9.17) is 0 Å². The van der Waals surface area contributed by atoms with Crippen LogP contribution in [-0.2, 0) is 0 Å². The maximum absolute atomic E-state index is 14.3. The van der Waals surface area contributed by atoms with Gasteiger partial charge in [0.25, 0.3) is 0 Å². The molecule has 1 aliphatic carbocycles. The highest BCUT2D eigenvalue weighted by Crippen LogP contribution is 2.57. The van der Waals surface area contributed by atoms with Crippen LogP contribution >= 0.6 is 0 Å². The Morgan fingerprint density at radius 1 is 1.14 bits per heavy atom. The van der Waals surface area contributed by atoms with E-state index in [2.05, 4.69) is 38.8 Å². The van der Waals surface area contributed by atoms with Gasteiger partial charge in [0, 0.05) is 16.8 Å². The van der Waals surface area contributed by atoms with E-state index in [0.717, 1.165) is 29.4 Å². The van der Waals surface area contributed by atoms with Crippen molar-refractivity contribution in [1.29, 1.82) is 0 Å². The van der Waals surface area contributed by atoms with Gasteiger partial charge in [-0.2, -0.15) is 0 Å². The molecule has 152 valence electrons. The summed E-state index contributed by atoms with van der Waals surface area (Å²) >= 11 is 0. The van der Waals surface area contributed by atoms with E-state index in [1.807, 2.05) is 18.2 Å². The smallest absolute Gasteiger partial charge is 0.126 e. The molecule has 0 saturated heterocycles. The molecule has 1 fully saturated rings. The third kappa shape index (κ3) is 3.11. The molecule has 1 nitrogen and oxygen atoms in total. The van der Waals surface area contributed by atoms with Gasteiger partial charge in [-0.3, -0.25) is 0 Å². The number of fused-ring (bicyclic) bond motifs is 1. The lowest BCUT2D eigenvalue weighted by molar-refractivity contribution is 0.174. The number of halogens is 2. The van der Waals surface area contributed by atoms with Crippen molar-refractivity contribution in [2.45, 2.75) is 59.3 Å². The molecule has 2 aromatic carbocycles. The summed E-state index contributed by atoms with van der Waals surface area (Å²) in [4.78, 5) is 0. The SMILES string of the molecule is C=C(C)C1(C)CC(c2c(C(C)C)n(-c3ccc(F)c(C)c3)c3ccc(F)cc23)C1. The molecule has 0 amide bonds. The number of hydrogen-bond acceptors (Lipinski definition) is 0. The van der Waals surface area contributed by atoms with Gasteiger partial charge >= 0.3 is 0 Å². The zero-order valence-corrected chi connectivity index (χ0v) is 17.9. The van der Waals surface area contributed by atoms with Crippen LogP contribution in [0.5, 0.6) is 0 Å². The largest absolute Gasteiger partial charge is 0.313 e. The summed E-state index contributed by atoms with van der Waals surface area (Å²) in [5.41, 5.74) is 6.33. The second-order valence-electron chi connectivity index (χ2n) is 9.33. The van der Waals surface area contributed by atoms with Crippen LogP contribution in [0.25, 0.3) is 16.6 Å². The molecule has 3 aromatic rings. The summed E-state index contributed by atoms with van der Waals surface area (Å²) in [5.74, 6) is 0.200. The quantitative estimate of drug-likeness (QED) is 0.398. The average molecular weight is 394 g/mol. The van der Waals surface area contributed by atoms with E-state index < -0.39 is 0 Å². The highest BCUT2D eigenvalue weighted by atomic mass is 19.1. The molecule has 4 rings (SSSR count). The lowest BCUT2D eigenvalue weighted by Gasteiger charge is -2.47. The minimum atomic E-state index is -0.219. The number of benzene rings is 2. The molecule has 0 unspecified atom stereocenters. The summed E-state index contributed by atoms with van der Waals surface area (Å²) in [5, 5.41) is 0.976. The van der Waals surface area contributed by atoms with Crippen LogP contribution in [0.2, 0.25) is 0 Å². The predicted octanol–water partition coefficient (Wildman–Crippen LogP) is 7.80. The standard InChI is InChI=1S/C26H29F2N/c1-15(2)25-24(18-13-26(6,14-18)16(3)4)21-12-19(27)7-10-23(21)29(25)20-8-9-22(28)17(5)11-20/h7-12,15,18H,3,13-14H2,1-2,4-6H3. The second-order valence-corrected chi connectivity index (χ2v) is 9.33. The van der Waals surface area contributed by atoms with Crippen molar-refractivity contribution in [2.75, 3.05) is 0 Å². The Kier molecular flexibility index (Phi) is 4.68. The van der Waals surface area contributed by atoms with Gasteiger partial charge in [0.05, 0.1) is 5.52 Å². The van der Waals surface area contributed by atoms with Crippen molar-refractivity contribution >= 4 is 10.9 Å². The van der Waals surface area contributed by atoms with Gasteiger partial charge < -0.3 is 4.57 Å². The molecule has 1 heterocycles.